The molecule has 0 spiro atoms. The summed E-state index contributed by atoms with van der Waals surface area (Å²) in [6.45, 7) is 3.45. The molecule has 0 heterocycles. The first-order chi connectivity index (χ1) is 4.95. The minimum absolute atomic E-state index is 0.179. The summed E-state index contributed by atoms with van der Waals surface area (Å²) >= 11 is 5.82. The fourth-order valence-corrected chi connectivity index (χ4v) is 0.595. The SMILES string of the molecule is CC(C)C(=O)OC(Br)C(O)Br. The standard InChI is InChI=1S/C6H10Br2O3/c1-3(2)6(10)11-5(8)4(7)9/h3-5,9H,1-2H3. The summed E-state index contributed by atoms with van der Waals surface area (Å²) in [5, 5.41) is 7.29. The first-order valence-corrected chi connectivity index (χ1v) is 4.95. The molecule has 0 bridgehead atoms. The molecule has 1 N–H and O–H groups in total. The Morgan fingerprint density at radius 2 is 1.91 bits per heavy atom. The van der Waals surface area contributed by atoms with E-state index in [0.717, 1.165) is 0 Å². The zero-order valence-electron chi connectivity index (χ0n) is 6.25. The molecule has 2 atom stereocenters. The quantitative estimate of drug-likeness (QED) is 0.634. The molecular weight excluding hydrogens is 280 g/mol. The number of rotatable bonds is 3. The number of aliphatic hydroxyl groups is 1. The Morgan fingerprint density at radius 3 is 2.18 bits per heavy atom. The Hall–Kier alpha value is 0.390. The van der Waals surface area contributed by atoms with Crippen LogP contribution in [-0.4, -0.2) is 21.1 Å². The van der Waals surface area contributed by atoms with Crippen molar-refractivity contribution in [1.29, 1.82) is 0 Å². The molecule has 0 aromatic rings. The molecule has 0 aliphatic rings. The minimum Gasteiger partial charge on any atom is -0.447 e. The third-order valence-corrected chi connectivity index (χ3v) is 2.79. The van der Waals surface area contributed by atoms with E-state index in [9.17, 15) is 4.79 Å². The molecule has 0 rings (SSSR count). The number of alkyl halides is 2. The summed E-state index contributed by atoms with van der Waals surface area (Å²) in [7, 11) is 0. The van der Waals surface area contributed by atoms with Crippen LogP contribution in [0.15, 0.2) is 0 Å². The van der Waals surface area contributed by atoms with Crippen molar-refractivity contribution in [1.82, 2.24) is 0 Å². The number of hydrogen-bond donors (Lipinski definition) is 1. The summed E-state index contributed by atoms with van der Waals surface area (Å²) in [6, 6.07) is 0. The molecule has 0 fully saturated rings. The average Bonchev–Trinajstić information content (AvgIpc) is 1.87. The van der Waals surface area contributed by atoms with E-state index in [1.165, 1.54) is 0 Å². The third kappa shape index (κ3) is 4.76. The van der Waals surface area contributed by atoms with Crippen LogP contribution in [-0.2, 0) is 9.53 Å². The number of carbonyl (C=O) groups is 1. The van der Waals surface area contributed by atoms with Gasteiger partial charge in [-0.15, -0.1) is 0 Å². The number of ether oxygens (including phenoxy) is 1. The van der Waals surface area contributed by atoms with Gasteiger partial charge in [0.2, 0.25) is 0 Å². The number of halogens is 2. The summed E-state index contributed by atoms with van der Waals surface area (Å²) in [6.07, 6.45) is 0. The van der Waals surface area contributed by atoms with E-state index in [2.05, 4.69) is 31.9 Å². The van der Waals surface area contributed by atoms with Crippen LogP contribution >= 0.6 is 31.9 Å². The molecule has 0 aliphatic heterocycles. The topological polar surface area (TPSA) is 46.5 Å². The van der Waals surface area contributed by atoms with Crippen LogP contribution in [0.1, 0.15) is 13.8 Å². The summed E-state index contributed by atoms with van der Waals surface area (Å²) in [5.41, 5.74) is 0. The Labute approximate surface area is 82.4 Å². The normalized spacial score (nSPS) is 16.2. The van der Waals surface area contributed by atoms with E-state index in [4.69, 9.17) is 9.84 Å². The molecule has 0 radical (unpaired) electrons. The van der Waals surface area contributed by atoms with E-state index in [0.29, 0.717) is 0 Å². The van der Waals surface area contributed by atoms with E-state index in [1.807, 2.05) is 0 Å². The molecule has 0 aliphatic carbocycles. The maximum atomic E-state index is 10.9. The molecule has 11 heavy (non-hydrogen) atoms. The van der Waals surface area contributed by atoms with Crippen LogP contribution in [0.3, 0.4) is 0 Å². The molecule has 5 heteroatoms. The molecule has 2 unspecified atom stereocenters. The van der Waals surface area contributed by atoms with Gasteiger partial charge in [0.1, 0.15) is 0 Å². The van der Waals surface area contributed by atoms with E-state index in [-0.39, 0.29) is 11.9 Å². The van der Waals surface area contributed by atoms with Gasteiger partial charge >= 0.3 is 5.97 Å². The second-order valence-electron chi connectivity index (χ2n) is 2.32. The monoisotopic (exact) mass is 288 g/mol. The van der Waals surface area contributed by atoms with Crippen molar-refractivity contribution in [2.24, 2.45) is 5.92 Å². The van der Waals surface area contributed by atoms with Crippen LogP contribution in [0.4, 0.5) is 0 Å². The van der Waals surface area contributed by atoms with Gasteiger partial charge in [0.15, 0.2) is 10.0 Å². The fraction of sp³-hybridized carbons (Fsp3) is 0.833. The Balaban J connectivity index is 3.76. The van der Waals surface area contributed by atoms with Gasteiger partial charge in [-0.2, -0.15) is 0 Å². The lowest BCUT2D eigenvalue weighted by atomic mass is 10.2. The Kier molecular flexibility index (Phi) is 5.29. The predicted octanol–water partition coefficient (Wildman–Crippen LogP) is 1.62. The smallest absolute Gasteiger partial charge is 0.309 e. The highest BCUT2D eigenvalue weighted by Gasteiger charge is 2.18. The van der Waals surface area contributed by atoms with Gasteiger partial charge in [0.05, 0.1) is 5.92 Å². The first-order valence-electron chi connectivity index (χ1n) is 3.12. The van der Waals surface area contributed by atoms with Gasteiger partial charge < -0.3 is 9.84 Å². The Morgan fingerprint density at radius 1 is 1.45 bits per heavy atom. The second-order valence-corrected chi connectivity index (χ2v) is 4.16. The van der Waals surface area contributed by atoms with Crippen molar-refractivity contribution in [3.8, 4) is 0 Å². The molecule has 0 saturated heterocycles. The van der Waals surface area contributed by atoms with Gasteiger partial charge in [0, 0.05) is 0 Å². The second kappa shape index (κ2) is 5.11. The van der Waals surface area contributed by atoms with Crippen molar-refractivity contribution < 1.29 is 14.6 Å². The van der Waals surface area contributed by atoms with Crippen molar-refractivity contribution in [2.45, 2.75) is 23.9 Å². The number of hydrogen-bond acceptors (Lipinski definition) is 3. The minimum atomic E-state index is -0.870. The van der Waals surface area contributed by atoms with Gasteiger partial charge in [-0.25, -0.2) is 0 Å². The highest BCUT2D eigenvalue weighted by molar-refractivity contribution is 9.12. The lowest BCUT2D eigenvalue weighted by Gasteiger charge is -2.13. The average molecular weight is 290 g/mol. The zero-order valence-corrected chi connectivity index (χ0v) is 9.42. The van der Waals surface area contributed by atoms with Crippen LogP contribution in [0.2, 0.25) is 0 Å². The predicted molar refractivity (Wildman–Crippen MR) is 48.6 cm³/mol. The number of aliphatic hydroxyl groups excluding tert-OH is 1. The van der Waals surface area contributed by atoms with Gasteiger partial charge in [-0.3, -0.25) is 4.79 Å². The maximum Gasteiger partial charge on any atom is 0.309 e. The lowest BCUT2D eigenvalue weighted by Crippen LogP contribution is -2.23. The summed E-state index contributed by atoms with van der Waals surface area (Å²) in [5.74, 6) is -0.522. The molecule has 66 valence electrons. The lowest BCUT2D eigenvalue weighted by molar-refractivity contribution is -0.150. The molecular formula is C6H10Br2O3. The van der Waals surface area contributed by atoms with Crippen LogP contribution < -0.4 is 0 Å². The van der Waals surface area contributed by atoms with Crippen molar-refractivity contribution in [2.75, 3.05) is 0 Å². The molecule has 0 amide bonds. The number of carbonyl (C=O) groups excluding carboxylic acids is 1. The van der Waals surface area contributed by atoms with Crippen LogP contribution in [0.25, 0.3) is 0 Å². The first kappa shape index (κ1) is 11.4. The zero-order chi connectivity index (χ0) is 9.02. The van der Waals surface area contributed by atoms with Gasteiger partial charge in [0.25, 0.3) is 0 Å². The van der Waals surface area contributed by atoms with Crippen LogP contribution in [0, 0.1) is 5.92 Å². The highest BCUT2D eigenvalue weighted by Crippen LogP contribution is 2.14. The van der Waals surface area contributed by atoms with Crippen molar-refractivity contribution in [3.63, 3.8) is 0 Å². The third-order valence-electron chi connectivity index (χ3n) is 0.916. The fourth-order valence-electron chi connectivity index (χ4n) is 0.303. The maximum absolute atomic E-state index is 10.9. The van der Waals surface area contributed by atoms with E-state index >= 15 is 0 Å². The largest absolute Gasteiger partial charge is 0.447 e. The molecule has 0 saturated carbocycles. The van der Waals surface area contributed by atoms with E-state index in [1.54, 1.807) is 13.8 Å². The summed E-state index contributed by atoms with van der Waals surface area (Å²) < 4.78 is 4.75. The van der Waals surface area contributed by atoms with Crippen molar-refractivity contribution >= 4 is 37.8 Å². The van der Waals surface area contributed by atoms with Crippen molar-refractivity contribution in [3.05, 3.63) is 0 Å². The number of esters is 1. The molecule has 0 aromatic heterocycles. The highest BCUT2D eigenvalue weighted by atomic mass is 79.9. The van der Waals surface area contributed by atoms with Gasteiger partial charge in [-0.05, 0) is 15.9 Å². The molecule has 3 nitrogen and oxygen atoms in total. The Bertz CT molecular complexity index is 136. The van der Waals surface area contributed by atoms with Crippen LogP contribution in [0.5, 0.6) is 0 Å². The molecule has 0 aromatic carbocycles. The summed E-state index contributed by atoms with van der Waals surface area (Å²) in [4.78, 5) is 10.9. The van der Waals surface area contributed by atoms with E-state index < -0.39 is 10.0 Å². The van der Waals surface area contributed by atoms with Gasteiger partial charge in [-0.1, -0.05) is 29.8 Å².